The maximum absolute atomic E-state index is 9.64. The summed E-state index contributed by atoms with van der Waals surface area (Å²) in [5, 5.41) is 31.4. The minimum Gasteiger partial charge on any atom is -0.508 e. The van der Waals surface area contributed by atoms with E-state index in [-0.39, 0.29) is 18.1 Å². The molecule has 4 nitrogen and oxygen atoms in total. The van der Waals surface area contributed by atoms with Crippen LogP contribution in [0.15, 0.2) is 18.2 Å². The Balaban J connectivity index is 1.93. The maximum Gasteiger partial charge on any atom is 0.123 e. The van der Waals surface area contributed by atoms with Crippen molar-refractivity contribution in [2.75, 3.05) is 6.61 Å². The molecule has 1 aromatic carbocycles. The Morgan fingerprint density at radius 2 is 2.06 bits per heavy atom. The molecule has 0 radical (unpaired) electrons. The van der Waals surface area contributed by atoms with Gasteiger partial charge < -0.3 is 20.6 Å². The van der Waals surface area contributed by atoms with Gasteiger partial charge in [-0.05, 0) is 24.8 Å². The molecule has 1 saturated carbocycles. The van der Waals surface area contributed by atoms with Crippen molar-refractivity contribution in [3.8, 4) is 11.5 Å². The number of aliphatic hydroxyl groups excluding tert-OH is 1. The second-order valence-electron chi connectivity index (χ2n) is 4.67. The second-order valence-corrected chi connectivity index (χ2v) is 4.67. The standard InChI is InChI=1S/C13H19NO3/c15-8-10-2-1-3-12(10)14-7-9-4-5-11(16)6-13(9)17/h4-6,10,12,14-17H,1-3,7-8H2. The Hall–Kier alpha value is -1.26. The fourth-order valence-corrected chi connectivity index (χ4v) is 2.47. The topological polar surface area (TPSA) is 72.7 Å². The van der Waals surface area contributed by atoms with Gasteiger partial charge in [0.05, 0.1) is 0 Å². The van der Waals surface area contributed by atoms with Crippen molar-refractivity contribution in [1.82, 2.24) is 5.32 Å². The predicted molar refractivity (Wildman–Crippen MR) is 64.8 cm³/mol. The van der Waals surface area contributed by atoms with Crippen LogP contribution in [0.2, 0.25) is 0 Å². The van der Waals surface area contributed by atoms with Crippen LogP contribution in [-0.2, 0) is 6.54 Å². The molecule has 2 unspecified atom stereocenters. The van der Waals surface area contributed by atoms with Gasteiger partial charge in [0.1, 0.15) is 11.5 Å². The minimum atomic E-state index is 0.0698. The lowest BCUT2D eigenvalue weighted by Gasteiger charge is -2.19. The summed E-state index contributed by atoms with van der Waals surface area (Å²) >= 11 is 0. The number of aliphatic hydroxyl groups is 1. The monoisotopic (exact) mass is 237 g/mol. The highest BCUT2D eigenvalue weighted by molar-refractivity contribution is 5.38. The van der Waals surface area contributed by atoms with Crippen LogP contribution in [0.1, 0.15) is 24.8 Å². The molecule has 1 aromatic rings. The number of nitrogens with one attached hydrogen (secondary N) is 1. The van der Waals surface area contributed by atoms with Crippen molar-refractivity contribution in [1.29, 1.82) is 0 Å². The molecule has 1 fully saturated rings. The number of phenols is 2. The van der Waals surface area contributed by atoms with E-state index in [1.807, 2.05) is 0 Å². The van der Waals surface area contributed by atoms with Gasteiger partial charge in [0.25, 0.3) is 0 Å². The zero-order chi connectivity index (χ0) is 12.3. The lowest BCUT2D eigenvalue weighted by Crippen LogP contribution is -2.33. The number of hydrogen-bond acceptors (Lipinski definition) is 4. The molecule has 1 aliphatic rings. The summed E-state index contributed by atoms with van der Waals surface area (Å²) in [6, 6.07) is 4.94. The number of benzene rings is 1. The van der Waals surface area contributed by atoms with Gasteiger partial charge in [-0.1, -0.05) is 12.5 Å². The van der Waals surface area contributed by atoms with E-state index in [0.29, 0.717) is 18.5 Å². The van der Waals surface area contributed by atoms with Crippen LogP contribution in [0, 0.1) is 5.92 Å². The van der Waals surface area contributed by atoms with E-state index >= 15 is 0 Å². The van der Waals surface area contributed by atoms with Gasteiger partial charge in [0, 0.05) is 30.8 Å². The highest BCUT2D eigenvalue weighted by atomic mass is 16.3. The molecule has 2 atom stereocenters. The minimum absolute atomic E-state index is 0.0698. The Morgan fingerprint density at radius 3 is 2.76 bits per heavy atom. The van der Waals surface area contributed by atoms with Crippen molar-refractivity contribution in [3.63, 3.8) is 0 Å². The number of aromatic hydroxyl groups is 2. The van der Waals surface area contributed by atoms with E-state index in [9.17, 15) is 15.3 Å². The lowest BCUT2D eigenvalue weighted by atomic mass is 10.0. The summed E-state index contributed by atoms with van der Waals surface area (Å²) in [5.74, 6) is 0.505. The summed E-state index contributed by atoms with van der Waals surface area (Å²) < 4.78 is 0. The van der Waals surface area contributed by atoms with Crippen LogP contribution in [0.4, 0.5) is 0 Å². The summed E-state index contributed by atoms with van der Waals surface area (Å²) in [6.45, 7) is 0.784. The van der Waals surface area contributed by atoms with Gasteiger partial charge in [-0.3, -0.25) is 0 Å². The van der Waals surface area contributed by atoms with E-state index < -0.39 is 0 Å². The fraction of sp³-hybridized carbons (Fsp3) is 0.538. The molecule has 94 valence electrons. The molecule has 0 bridgehead atoms. The Labute approximate surface area is 101 Å². The quantitative estimate of drug-likeness (QED) is 0.638. The van der Waals surface area contributed by atoms with E-state index in [4.69, 9.17) is 0 Å². The molecule has 0 aliphatic heterocycles. The highest BCUT2D eigenvalue weighted by Crippen LogP contribution is 2.27. The number of phenolic OH excluding ortho intramolecular Hbond substituents is 2. The lowest BCUT2D eigenvalue weighted by molar-refractivity contribution is 0.205. The molecule has 4 heteroatoms. The second kappa shape index (κ2) is 5.38. The van der Waals surface area contributed by atoms with E-state index in [1.165, 1.54) is 6.07 Å². The number of rotatable bonds is 4. The molecule has 0 heterocycles. The van der Waals surface area contributed by atoms with Gasteiger partial charge in [0.2, 0.25) is 0 Å². The Morgan fingerprint density at radius 1 is 1.24 bits per heavy atom. The SMILES string of the molecule is OCC1CCCC1NCc1ccc(O)cc1O. The normalized spacial score (nSPS) is 24.1. The first-order valence-electron chi connectivity index (χ1n) is 6.06. The molecule has 2 rings (SSSR count). The molecule has 1 aliphatic carbocycles. The zero-order valence-corrected chi connectivity index (χ0v) is 9.76. The fourth-order valence-electron chi connectivity index (χ4n) is 2.47. The molecule has 17 heavy (non-hydrogen) atoms. The average Bonchev–Trinajstić information content (AvgIpc) is 2.75. The van der Waals surface area contributed by atoms with Crippen molar-refractivity contribution in [3.05, 3.63) is 23.8 Å². The van der Waals surface area contributed by atoms with Crippen molar-refractivity contribution < 1.29 is 15.3 Å². The van der Waals surface area contributed by atoms with Crippen LogP contribution >= 0.6 is 0 Å². The predicted octanol–water partition coefficient (Wildman–Crippen LogP) is 1.35. The summed E-state index contributed by atoms with van der Waals surface area (Å²) in [6.07, 6.45) is 3.28. The van der Waals surface area contributed by atoms with Gasteiger partial charge in [-0.25, -0.2) is 0 Å². The summed E-state index contributed by atoms with van der Waals surface area (Å²) in [7, 11) is 0. The summed E-state index contributed by atoms with van der Waals surface area (Å²) in [5.41, 5.74) is 0.770. The largest absolute Gasteiger partial charge is 0.508 e. The third-order valence-electron chi connectivity index (χ3n) is 3.52. The first-order valence-corrected chi connectivity index (χ1v) is 6.06. The van der Waals surface area contributed by atoms with Crippen molar-refractivity contribution in [2.45, 2.75) is 31.8 Å². The van der Waals surface area contributed by atoms with Crippen LogP contribution in [-0.4, -0.2) is 28.0 Å². The zero-order valence-electron chi connectivity index (χ0n) is 9.76. The molecule has 0 aromatic heterocycles. The molecular formula is C13H19NO3. The summed E-state index contributed by atoms with van der Waals surface area (Å²) in [4.78, 5) is 0. The van der Waals surface area contributed by atoms with Gasteiger partial charge >= 0.3 is 0 Å². The molecule has 4 N–H and O–H groups in total. The average molecular weight is 237 g/mol. The van der Waals surface area contributed by atoms with Gasteiger partial charge in [-0.2, -0.15) is 0 Å². The van der Waals surface area contributed by atoms with Gasteiger partial charge in [0.15, 0.2) is 0 Å². The van der Waals surface area contributed by atoms with Crippen LogP contribution in [0.3, 0.4) is 0 Å². The Kier molecular flexibility index (Phi) is 3.86. The molecule has 0 saturated heterocycles. The number of hydrogen-bond donors (Lipinski definition) is 4. The van der Waals surface area contributed by atoms with E-state index in [0.717, 1.165) is 24.8 Å². The van der Waals surface area contributed by atoms with Crippen molar-refractivity contribution in [2.24, 2.45) is 5.92 Å². The first-order chi connectivity index (χ1) is 8.20. The third kappa shape index (κ3) is 2.90. The molecular weight excluding hydrogens is 218 g/mol. The van der Waals surface area contributed by atoms with Crippen LogP contribution in [0.5, 0.6) is 11.5 Å². The van der Waals surface area contributed by atoms with E-state index in [1.54, 1.807) is 12.1 Å². The van der Waals surface area contributed by atoms with Crippen LogP contribution < -0.4 is 5.32 Å². The Bertz CT molecular complexity index is 381. The highest BCUT2D eigenvalue weighted by Gasteiger charge is 2.25. The third-order valence-corrected chi connectivity index (χ3v) is 3.52. The molecule has 0 amide bonds. The smallest absolute Gasteiger partial charge is 0.123 e. The molecule has 0 spiro atoms. The first kappa shape index (κ1) is 12.2. The maximum atomic E-state index is 9.64. The van der Waals surface area contributed by atoms with Gasteiger partial charge in [-0.15, -0.1) is 0 Å². The van der Waals surface area contributed by atoms with Crippen molar-refractivity contribution >= 4 is 0 Å². The van der Waals surface area contributed by atoms with E-state index in [2.05, 4.69) is 5.32 Å². The van der Waals surface area contributed by atoms with Crippen LogP contribution in [0.25, 0.3) is 0 Å².